The van der Waals surface area contributed by atoms with Gasteiger partial charge in [-0.1, -0.05) is 37.6 Å². The van der Waals surface area contributed by atoms with Gasteiger partial charge in [-0.05, 0) is 43.2 Å². The third-order valence-electron chi connectivity index (χ3n) is 3.90. The lowest BCUT2D eigenvalue weighted by Gasteiger charge is -2.14. The lowest BCUT2D eigenvalue weighted by atomic mass is 10.1. The van der Waals surface area contributed by atoms with Crippen LogP contribution in [-0.4, -0.2) is 23.2 Å². The molecule has 0 amide bonds. The summed E-state index contributed by atoms with van der Waals surface area (Å²) in [5.41, 5.74) is 2.28. The highest BCUT2D eigenvalue weighted by molar-refractivity contribution is 7.92. The smallest absolute Gasteiger partial charge is 0.261 e. The van der Waals surface area contributed by atoms with E-state index in [1.807, 2.05) is 31.2 Å². The van der Waals surface area contributed by atoms with Gasteiger partial charge in [0.2, 0.25) is 0 Å². The molecule has 0 spiro atoms. The minimum Gasteiger partial charge on any atom is -0.284 e. The van der Waals surface area contributed by atoms with Gasteiger partial charge in [0.15, 0.2) is 0 Å². The number of hydrogen-bond acceptors (Lipinski definition) is 4. The van der Waals surface area contributed by atoms with Gasteiger partial charge in [0.25, 0.3) is 10.0 Å². The minimum absolute atomic E-state index is 0.239. The van der Waals surface area contributed by atoms with E-state index in [-0.39, 0.29) is 4.90 Å². The lowest BCUT2D eigenvalue weighted by molar-refractivity contribution is 0.601. The summed E-state index contributed by atoms with van der Waals surface area (Å²) in [5.74, 6) is 0.676. The molecule has 0 radical (unpaired) electrons. The molecule has 0 aliphatic rings. The zero-order valence-corrected chi connectivity index (χ0v) is 15.0. The van der Waals surface area contributed by atoms with E-state index in [2.05, 4.69) is 21.8 Å². The van der Waals surface area contributed by atoms with Crippen molar-refractivity contribution in [3.63, 3.8) is 0 Å². The van der Waals surface area contributed by atoms with Gasteiger partial charge in [-0.25, -0.2) is 8.42 Å². The maximum Gasteiger partial charge on any atom is 0.261 e. The average molecular weight is 356 g/mol. The van der Waals surface area contributed by atoms with Gasteiger partial charge in [0.1, 0.15) is 12.2 Å². The molecule has 2 aromatic carbocycles. The van der Waals surface area contributed by atoms with Crippen LogP contribution in [0.15, 0.2) is 59.8 Å². The molecule has 130 valence electrons. The summed E-state index contributed by atoms with van der Waals surface area (Å²) in [4.78, 5) is 0.239. The highest BCUT2D eigenvalue weighted by atomic mass is 32.2. The fraction of sp³-hybridized carbons (Fsp3) is 0.222. The summed E-state index contributed by atoms with van der Waals surface area (Å²) in [6, 6.07) is 14.1. The summed E-state index contributed by atoms with van der Waals surface area (Å²) in [6.45, 7) is 3.90. The van der Waals surface area contributed by atoms with Crippen LogP contribution in [0.3, 0.4) is 0 Å². The van der Waals surface area contributed by atoms with E-state index in [4.69, 9.17) is 0 Å². The quantitative estimate of drug-likeness (QED) is 0.735. The van der Waals surface area contributed by atoms with Crippen molar-refractivity contribution in [1.29, 1.82) is 0 Å². The van der Waals surface area contributed by atoms with Crippen LogP contribution in [0, 0.1) is 6.92 Å². The Kier molecular flexibility index (Phi) is 4.85. The van der Waals surface area contributed by atoms with E-state index in [1.165, 1.54) is 0 Å². The predicted molar refractivity (Wildman–Crippen MR) is 97.3 cm³/mol. The Labute approximate surface area is 147 Å². The Balaban J connectivity index is 1.93. The summed E-state index contributed by atoms with van der Waals surface area (Å²) < 4.78 is 29.9. The zero-order valence-electron chi connectivity index (χ0n) is 14.2. The standard InChI is InChI=1S/C18H20N4O2S/c1-3-6-15-9-11-16(12-10-15)25(23,24)21-17-7-4-5-8-18(17)22-13-19-20-14(22)2/h4-5,7-13,21H,3,6H2,1-2H3. The first kappa shape index (κ1) is 17.2. The van der Waals surface area contributed by atoms with Crippen LogP contribution in [-0.2, 0) is 16.4 Å². The number of aromatic nitrogens is 3. The Morgan fingerprint density at radius 3 is 2.44 bits per heavy atom. The molecule has 1 heterocycles. The second-order valence-corrected chi connectivity index (χ2v) is 7.45. The third-order valence-corrected chi connectivity index (χ3v) is 5.28. The molecule has 0 aliphatic heterocycles. The molecular weight excluding hydrogens is 336 g/mol. The number of aryl methyl sites for hydroxylation is 2. The van der Waals surface area contributed by atoms with Crippen molar-refractivity contribution in [1.82, 2.24) is 14.8 Å². The van der Waals surface area contributed by atoms with E-state index in [0.29, 0.717) is 17.2 Å². The van der Waals surface area contributed by atoms with Crippen LogP contribution >= 0.6 is 0 Å². The number of benzene rings is 2. The first-order valence-electron chi connectivity index (χ1n) is 8.09. The van der Waals surface area contributed by atoms with E-state index < -0.39 is 10.0 Å². The summed E-state index contributed by atoms with van der Waals surface area (Å²) in [7, 11) is -3.68. The molecule has 25 heavy (non-hydrogen) atoms. The normalized spacial score (nSPS) is 11.4. The number of anilines is 1. The van der Waals surface area contributed by atoms with E-state index in [1.54, 1.807) is 35.2 Å². The van der Waals surface area contributed by atoms with Gasteiger partial charge >= 0.3 is 0 Å². The molecule has 0 atom stereocenters. The van der Waals surface area contributed by atoms with Gasteiger partial charge in [-0.2, -0.15) is 0 Å². The number of sulfonamides is 1. The van der Waals surface area contributed by atoms with Crippen molar-refractivity contribution >= 4 is 15.7 Å². The number of hydrogen-bond donors (Lipinski definition) is 1. The Morgan fingerprint density at radius 2 is 1.80 bits per heavy atom. The van der Waals surface area contributed by atoms with Crippen LogP contribution < -0.4 is 4.72 Å². The molecule has 0 unspecified atom stereocenters. The second-order valence-electron chi connectivity index (χ2n) is 5.76. The molecule has 3 rings (SSSR count). The molecular formula is C18H20N4O2S. The second kappa shape index (κ2) is 7.06. The molecule has 6 nitrogen and oxygen atoms in total. The molecule has 1 aromatic heterocycles. The van der Waals surface area contributed by atoms with Gasteiger partial charge in [0, 0.05) is 0 Å². The van der Waals surface area contributed by atoms with Crippen molar-refractivity contribution in [2.24, 2.45) is 0 Å². The topological polar surface area (TPSA) is 76.9 Å². The van der Waals surface area contributed by atoms with Crippen LogP contribution in [0.25, 0.3) is 5.69 Å². The van der Waals surface area contributed by atoms with Crippen LogP contribution in [0.2, 0.25) is 0 Å². The number of nitrogens with one attached hydrogen (secondary N) is 1. The van der Waals surface area contributed by atoms with Gasteiger partial charge in [-0.15, -0.1) is 10.2 Å². The average Bonchev–Trinajstić information content (AvgIpc) is 3.02. The Hall–Kier alpha value is -2.67. The molecule has 0 aliphatic carbocycles. The van der Waals surface area contributed by atoms with Crippen LogP contribution in [0.4, 0.5) is 5.69 Å². The maximum absolute atomic E-state index is 12.7. The monoisotopic (exact) mass is 356 g/mol. The van der Waals surface area contributed by atoms with E-state index >= 15 is 0 Å². The van der Waals surface area contributed by atoms with E-state index in [0.717, 1.165) is 18.4 Å². The largest absolute Gasteiger partial charge is 0.284 e. The first-order valence-corrected chi connectivity index (χ1v) is 9.57. The maximum atomic E-state index is 12.7. The summed E-state index contributed by atoms with van der Waals surface area (Å²) in [5, 5.41) is 7.81. The molecule has 0 bridgehead atoms. The Morgan fingerprint density at radius 1 is 1.08 bits per heavy atom. The first-order chi connectivity index (χ1) is 12.0. The number of rotatable bonds is 6. The summed E-state index contributed by atoms with van der Waals surface area (Å²) >= 11 is 0. The van der Waals surface area contributed by atoms with Crippen LogP contribution in [0.1, 0.15) is 24.7 Å². The fourth-order valence-corrected chi connectivity index (χ4v) is 3.70. The van der Waals surface area contributed by atoms with Crippen molar-refractivity contribution < 1.29 is 8.42 Å². The summed E-state index contributed by atoms with van der Waals surface area (Å²) in [6.07, 6.45) is 3.52. The Bertz CT molecular complexity index is 963. The molecule has 3 aromatic rings. The van der Waals surface area contributed by atoms with Crippen LogP contribution in [0.5, 0.6) is 0 Å². The van der Waals surface area contributed by atoms with Gasteiger partial charge in [-0.3, -0.25) is 9.29 Å². The fourth-order valence-electron chi connectivity index (χ4n) is 2.63. The van der Waals surface area contributed by atoms with Gasteiger partial charge in [0.05, 0.1) is 16.3 Å². The molecule has 7 heteroatoms. The molecule has 0 saturated carbocycles. The van der Waals surface area contributed by atoms with Crippen molar-refractivity contribution in [3.8, 4) is 5.69 Å². The third kappa shape index (κ3) is 3.71. The number of para-hydroxylation sites is 2. The highest BCUT2D eigenvalue weighted by Gasteiger charge is 2.17. The number of nitrogens with zero attached hydrogens (tertiary/aromatic N) is 3. The minimum atomic E-state index is -3.68. The molecule has 1 N–H and O–H groups in total. The van der Waals surface area contributed by atoms with Crippen molar-refractivity contribution in [3.05, 3.63) is 66.2 Å². The van der Waals surface area contributed by atoms with Gasteiger partial charge < -0.3 is 0 Å². The lowest BCUT2D eigenvalue weighted by Crippen LogP contribution is -2.15. The predicted octanol–water partition coefficient (Wildman–Crippen LogP) is 3.33. The zero-order chi connectivity index (χ0) is 17.9. The molecule has 0 fully saturated rings. The van der Waals surface area contributed by atoms with Crippen molar-refractivity contribution in [2.45, 2.75) is 31.6 Å². The molecule has 0 saturated heterocycles. The van der Waals surface area contributed by atoms with Crippen molar-refractivity contribution in [2.75, 3.05) is 4.72 Å². The van der Waals surface area contributed by atoms with E-state index in [9.17, 15) is 8.42 Å². The highest BCUT2D eigenvalue weighted by Crippen LogP contribution is 2.24. The SMILES string of the molecule is CCCc1ccc(S(=O)(=O)Nc2ccccc2-n2cnnc2C)cc1.